The smallest absolute Gasteiger partial charge is 0.154 e. The molecule has 0 fully saturated rings. The predicted octanol–water partition coefficient (Wildman–Crippen LogP) is 8.35. The summed E-state index contributed by atoms with van der Waals surface area (Å²) >= 11 is 0. The molecular formula is C51H58O14. The van der Waals surface area contributed by atoms with Crippen LogP contribution in [0.15, 0.2) is 103 Å². The molecule has 6 aromatic carbocycles. The number of ether oxygens (including phenoxy) is 12. The fourth-order valence-electron chi connectivity index (χ4n) is 7.77. The van der Waals surface area contributed by atoms with E-state index in [1.54, 1.807) is 142 Å². The molecule has 0 radical (unpaired) electrons. The van der Waals surface area contributed by atoms with Crippen molar-refractivity contribution in [1.82, 2.24) is 0 Å². The van der Waals surface area contributed by atoms with E-state index in [4.69, 9.17) is 56.8 Å². The summed E-state index contributed by atoms with van der Waals surface area (Å²) in [5.74, 6) is 6.01. The van der Waals surface area contributed by atoms with Crippen LogP contribution in [-0.4, -0.2) is 95.5 Å². The van der Waals surface area contributed by atoms with Gasteiger partial charge < -0.3 is 67.1 Å². The van der Waals surface area contributed by atoms with Gasteiger partial charge in [0.2, 0.25) is 0 Å². The standard InChI is InChI=1S/C26H30O8.C25H28O6/c1-28-16-8-10-19(21(12-16)31-4)26(27,20-11-9-17(29-2)13-22(20)32-5)25-23(33-6)14-18(30-3)15-24(25)34-7;1-16-13-17(27-2)7-10-20(16)25(26,21-11-8-18(28-3)14-23(21)30-5)22-12-9-19(29-4)15-24(22)31-6/h8-15,27H,1-7H3;7-15,26H,1-6H3. The van der Waals surface area contributed by atoms with Crippen molar-refractivity contribution in [3.8, 4) is 69.0 Å². The molecule has 6 rings (SSSR count). The summed E-state index contributed by atoms with van der Waals surface area (Å²) in [7, 11) is 18.6. The van der Waals surface area contributed by atoms with E-state index in [0.29, 0.717) is 102 Å². The maximum Gasteiger partial charge on any atom is 0.154 e. The van der Waals surface area contributed by atoms with Crippen LogP contribution in [0.2, 0.25) is 0 Å². The third-order valence-electron chi connectivity index (χ3n) is 11.1. The molecule has 0 aliphatic carbocycles. The Morgan fingerprint density at radius 3 is 0.785 bits per heavy atom. The van der Waals surface area contributed by atoms with Gasteiger partial charge in [0.05, 0.1) is 90.9 Å². The van der Waals surface area contributed by atoms with Crippen LogP contribution in [0.1, 0.15) is 38.9 Å². The largest absolute Gasteiger partial charge is 0.497 e. The molecule has 0 aliphatic heterocycles. The summed E-state index contributed by atoms with van der Waals surface area (Å²) in [5, 5.41) is 25.2. The van der Waals surface area contributed by atoms with E-state index in [0.717, 1.165) is 5.56 Å². The van der Waals surface area contributed by atoms with Gasteiger partial charge in [-0.05, 0) is 78.7 Å². The molecule has 0 atom stereocenters. The Balaban J connectivity index is 0.000000245. The van der Waals surface area contributed by atoms with Gasteiger partial charge in [-0.25, -0.2) is 0 Å². The first-order valence-electron chi connectivity index (χ1n) is 20.1. The average Bonchev–Trinajstić information content (AvgIpc) is 3.36. The van der Waals surface area contributed by atoms with Crippen molar-refractivity contribution in [2.75, 3.05) is 85.3 Å². The van der Waals surface area contributed by atoms with Gasteiger partial charge in [-0.1, -0.05) is 6.07 Å². The van der Waals surface area contributed by atoms with Crippen LogP contribution in [0.3, 0.4) is 0 Å². The highest BCUT2D eigenvalue weighted by atomic mass is 16.5. The number of methoxy groups -OCH3 is 12. The van der Waals surface area contributed by atoms with Crippen molar-refractivity contribution in [3.05, 3.63) is 142 Å². The molecule has 0 heterocycles. The molecular weight excluding hydrogens is 837 g/mol. The second-order valence-electron chi connectivity index (χ2n) is 14.3. The molecule has 0 saturated carbocycles. The van der Waals surface area contributed by atoms with E-state index in [2.05, 4.69) is 0 Å². The lowest BCUT2D eigenvalue weighted by atomic mass is 9.77. The fraction of sp³-hybridized carbons (Fsp3) is 0.294. The lowest BCUT2D eigenvalue weighted by Crippen LogP contribution is -2.31. The van der Waals surface area contributed by atoms with Gasteiger partial charge >= 0.3 is 0 Å². The van der Waals surface area contributed by atoms with Crippen molar-refractivity contribution in [2.24, 2.45) is 0 Å². The highest BCUT2D eigenvalue weighted by Crippen LogP contribution is 2.53. The van der Waals surface area contributed by atoms with Crippen LogP contribution in [0, 0.1) is 6.92 Å². The van der Waals surface area contributed by atoms with Crippen molar-refractivity contribution in [2.45, 2.75) is 18.1 Å². The number of rotatable bonds is 18. The third kappa shape index (κ3) is 9.54. The quantitative estimate of drug-likeness (QED) is 0.0796. The summed E-state index contributed by atoms with van der Waals surface area (Å²) in [5.41, 5.74) is 0.342. The molecule has 346 valence electrons. The molecule has 0 unspecified atom stereocenters. The predicted molar refractivity (Wildman–Crippen MR) is 246 cm³/mol. The minimum Gasteiger partial charge on any atom is -0.497 e. The van der Waals surface area contributed by atoms with Crippen molar-refractivity contribution < 1.29 is 67.1 Å². The van der Waals surface area contributed by atoms with Crippen molar-refractivity contribution in [3.63, 3.8) is 0 Å². The van der Waals surface area contributed by atoms with Gasteiger partial charge in [-0.15, -0.1) is 0 Å². The highest BCUT2D eigenvalue weighted by molar-refractivity contribution is 5.66. The second-order valence-corrected chi connectivity index (χ2v) is 14.3. The third-order valence-corrected chi connectivity index (χ3v) is 11.1. The molecule has 0 amide bonds. The molecule has 0 aromatic heterocycles. The molecule has 0 saturated heterocycles. The zero-order valence-electron chi connectivity index (χ0n) is 39.1. The molecule has 0 aliphatic rings. The maximum atomic E-state index is 12.7. The van der Waals surface area contributed by atoms with Crippen LogP contribution in [0.25, 0.3) is 0 Å². The van der Waals surface area contributed by atoms with E-state index < -0.39 is 11.2 Å². The summed E-state index contributed by atoms with van der Waals surface area (Å²) in [4.78, 5) is 0. The van der Waals surface area contributed by atoms with E-state index >= 15 is 0 Å². The van der Waals surface area contributed by atoms with Gasteiger partial charge in [0.25, 0.3) is 0 Å². The molecule has 0 spiro atoms. The maximum absolute atomic E-state index is 12.7. The minimum atomic E-state index is -1.85. The normalized spacial score (nSPS) is 11.0. The number of aliphatic hydroxyl groups is 2. The molecule has 0 bridgehead atoms. The average molecular weight is 895 g/mol. The van der Waals surface area contributed by atoms with Gasteiger partial charge in [0, 0.05) is 58.7 Å². The number of benzene rings is 6. The SMILES string of the molecule is COc1ccc(C(O)(c2ccc(OC)cc2OC)c2c(OC)cc(OC)cc2OC)c(OC)c1.COc1ccc(C(O)(c2ccc(OC)cc2OC)c2ccc(OC)cc2OC)c(C)c1. The second kappa shape index (κ2) is 21.5. The van der Waals surface area contributed by atoms with Crippen LogP contribution >= 0.6 is 0 Å². The van der Waals surface area contributed by atoms with Crippen molar-refractivity contribution >= 4 is 0 Å². The summed E-state index contributed by atoms with van der Waals surface area (Å²) in [6, 6.07) is 29.9. The number of hydrogen-bond donors (Lipinski definition) is 2. The monoisotopic (exact) mass is 894 g/mol. The summed E-state index contributed by atoms with van der Waals surface area (Å²) < 4.78 is 66.2. The Morgan fingerprint density at radius 1 is 0.277 bits per heavy atom. The molecule has 14 heteroatoms. The first-order valence-corrected chi connectivity index (χ1v) is 20.1. The van der Waals surface area contributed by atoms with Gasteiger partial charge in [-0.2, -0.15) is 0 Å². The molecule has 65 heavy (non-hydrogen) atoms. The molecule has 14 nitrogen and oxygen atoms in total. The Labute approximate surface area is 380 Å². The van der Waals surface area contributed by atoms with Gasteiger partial charge in [-0.3, -0.25) is 0 Å². The molecule has 2 N–H and O–H groups in total. The minimum absolute atomic E-state index is 0.338. The fourth-order valence-corrected chi connectivity index (χ4v) is 7.77. The van der Waals surface area contributed by atoms with Gasteiger partial charge in [0.15, 0.2) is 5.60 Å². The summed E-state index contributed by atoms with van der Waals surface area (Å²) in [6.45, 7) is 1.93. The van der Waals surface area contributed by atoms with Crippen LogP contribution in [0.4, 0.5) is 0 Å². The first kappa shape index (κ1) is 48.9. The van der Waals surface area contributed by atoms with Gasteiger partial charge in [0.1, 0.15) is 74.6 Å². The Morgan fingerprint density at radius 2 is 0.523 bits per heavy atom. The van der Waals surface area contributed by atoms with Crippen LogP contribution < -0.4 is 56.8 Å². The van der Waals surface area contributed by atoms with E-state index in [1.807, 2.05) is 25.1 Å². The highest BCUT2D eigenvalue weighted by Gasteiger charge is 2.45. The van der Waals surface area contributed by atoms with E-state index in [1.165, 1.54) is 28.4 Å². The lowest BCUT2D eigenvalue weighted by Gasteiger charge is -2.34. The van der Waals surface area contributed by atoms with Crippen LogP contribution in [-0.2, 0) is 11.2 Å². The van der Waals surface area contributed by atoms with E-state index in [9.17, 15) is 10.2 Å². The van der Waals surface area contributed by atoms with Crippen molar-refractivity contribution in [1.29, 1.82) is 0 Å². The first-order chi connectivity index (χ1) is 31.3. The number of aryl methyl sites for hydroxylation is 1. The molecule has 6 aromatic rings. The zero-order chi connectivity index (χ0) is 47.5. The number of hydrogen-bond acceptors (Lipinski definition) is 14. The Hall–Kier alpha value is -7.16. The lowest BCUT2D eigenvalue weighted by molar-refractivity contribution is 0.111. The zero-order valence-corrected chi connectivity index (χ0v) is 39.1. The Bertz CT molecular complexity index is 2420. The summed E-state index contributed by atoms with van der Waals surface area (Å²) in [6.07, 6.45) is 0. The Kier molecular flexibility index (Phi) is 16.1. The van der Waals surface area contributed by atoms with E-state index in [-0.39, 0.29) is 0 Å². The van der Waals surface area contributed by atoms with Crippen LogP contribution in [0.5, 0.6) is 69.0 Å². The topological polar surface area (TPSA) is 151 Å².